The monoisotopic (exact) mass is 552 g/mol. The van der Waals surface area contributed by atoms with Crippen LogP contribution in [0.3, 0.4) is 0 Å². The van der Waals surface area contributed by atoms with Gasteiger partial charge in [-0.1, -0.05) is 67.6 Å². The van der Waals surface area contributed by atoms with E-state index in [0.717, 1.165) is 17.5 Å². The number of nitrogens with zero attached hydrogens (tertiary/aromatic N) is 1. The summed E-state index contributed by atoms with van der Waals surface area (Å²) in [5.41, 5.74) is 13.9. The number of carbonyl (C=O) groups is 3. The molecule has 3 unspecified atom stereocenters. The normalized spacial score (nSPS) is 20.2. The van der Waals surface area contributed by atoms with Crippen LogP contribution in [-0.2, 0) is 30.5 Å². The average molecular weight is 553 g/mol. The lowest BCUT2D eigenvalue weighted by atomic mass is 9.95. The smallest absolute Gasteiger partial charge is 0.324 e. The third kappa shape index (κ3) is 9.15. The van der Waals surface area contributed by atoms with E-state index < -0.39 is 41.7 Å². The molecule has 2 aromatic carbocycles. The first-order valence-corrected chi connectivity index (χ1v) is 14.0. The molecule has 5 atom stereocenters. The molecule has 1 amide bonds. The van der Waals surface area contributed by atoms with E-state index in [1.54, 1.807) is 25.7 Å². The first-order valence-electron chi connectivity index (χ1n) is 14.0. The number of carbonyl (C=O) groups excluding carboxylic acids is 3. The molecule has 40 heavy (non-hydrogen) atoms. The van der Waals surface area contributed by atoms with E-state index in [4.69, 9.17) is 20.9 Å². The number of ether oxygens (including phenoxy) is 2. The molecule has 9 heteroatoms. The molecule has 1 heterocycles. The van der Waals surface area contributed by atoms with Crippen molar-refractivity contribution in [3.63, 3.8) is 0 Å². The van der Waals surface area contributed by atoms with E-state index in [1.807, 2.05) is 48.5 Å². The van der Waals surface area contributed by atoms with Crippen molar-refractivity contribution in [2.24, 2.45) is 11.5 Å². The number of rotatable bonds is 11. The van der Waals surface area contributed by atoms with E-state index in [1.165, 1.54) is 0 Å². The summed E-state index contributed by atoms with van der Waals surface area (Å²) < 4.78 is 10.9. The van der Waals surface area contributed by atoms with Crippen LogP contribution in [0.2, 0.25) is 0 Å². The van der Waals surface area contributed by atoms with Crippen LogP contribution in [0.4, 0.5) is 0 Å². The molecule has 0 spiro atoms. The second kappa shape index (κ2) is 14.4. The Hall–Kier alpha value is -3.27. The van der Waals surface area contributed by atoms with Gasteiger partial charge in [0.05, 0.1) is 6.04 Å². The molecule has 9 nitrogen and oxygen atoms in total. The van der Waals surface area contributed by atoms with Crippen molar-refractivity contribution >= 4 is 17.8 Å². The van der Waals surface area contributed by atoms with Gasteiger partial charge < -0.3 is 31.2 Å². The third-order valence-corrected chi connectivity index (χ3v) is 7.07. The predicted octanol–water partition coefficient (Wildman–Crippen LogP) is 2.87. The third-order valence-electron chi connectivity index (χ3n) is 7.07. The molecule has 1 aliphatic heterocycles. The molecule has 0 bridgehead atoms. The molecule has 3 rings (SSSR count). The lowest BCUT2D eigenvalue weighted by molar-refractivity contribution is -0.157. The minimum absolute atomic E-state index is 0.00859. The Labute approximate surface area is 237 Å². The van der Waals surface area contributed by atoms with Crippen molar-refractivity contribution in [3.05, 3.63) is 71.8 Å². The largest absolute Gasteiger partial charge is 0.460 e. The van der Waals surface area contributed by atoms with Gasteiger partial charge in [0.15, 0.2) is 0 Å². The highest BCUT2D eigenvalue weighted by Gasteiger charge is 2.38. The molecule has 2 aromatic rings. The van der Waals surface area contributed by atoms with E-state index in [0.29, 0.717) is 19.5 Å². The van der Waals surface area contributed by atoms with E-state index in [2.05, 4.69) is 24.4 Å². The highest BCUT2D eigenvalue weighted by molar-refractivity contribution is 5.84. The zero-order valence-corrected chi connectivity index (χ0v) is 24.0. The van der Waals surface area contributed by atoms with E-state index in [9.17, 15) is 14.4 Å². The topological polar surface area (TPSA) is 137 Å². The maximum absolute atomic E-state index is 13.8. The van der Waals surface area contributed by atoms with Gasteiger partial charge in [0.1, 0.15) is 24.3 Å². The van der Waals surface area contributed by atoms with Crippen LogP contribution in [0.25, 0.3) is 0 Å². The number of benzene rings is 2. The molecular weight excluding hydrogens is 508 g/mol. The number of hydrogen-bond donors (Lipinski definition) is 3. The molecule has 0 aliphatic carbocycles. The maximum atomic E-state index is 13.8. The van der Waals surface area contributed by atoms with Crippen LogP contribution in [0, 0.1) is 0 Å². The highest BCUT2D eigenvalue weighted by Crippen LogP contribution is 2.23. The van der Waals surface area contributed by atoms with Crippen molar-refractivity contribution in [3.8, 4) is 0 Å². The molecule has 1 aliphatic rings. The lowest BCUT2D eigenvalue weighted by Gasteiger charge is -2.30. The second-order valence-electron chi connectivity index (χ2n) is 11.4. The van der Waals surface area contributed by atoms with Gasteiger partial charge in [0, 0.05) is 25.0 Å². The maximum Gasteiger partial charge on any atom is 0.324 e. The van der Waals surface area contributed by atoms with Gasteiger partial charge in [-0.05, 0) is 51.2 Å². The fourth-order valence-electron chi connectivity index (χ4n) is 4.85. The summed E-state index contributed by atoms with van der Waals surface area (Å²) in [4.78, 5) is 41.2. The Morgan fingerprint density at radius 1 is 1.02 bits per heavy atom. The SMILES string of the molecule is CCC(CN1CC[C@@H](C(N)C(=O)OCc2ccccc2)N[C@@H](CC(N)C(=O)OC(C)(C)C)C1=O)c1ccccc1. The Morgan fingerprint density at radius 3 is 2.25 bits per heavy atom. The Bertz CT molecular complexity index is 1110. The molecular formula is C31H44N4O5. The Kier molecular flexibility index (Phi) is 11.2. The van der Waals surface area contributed by atoms with Crippen LogP contribution in [0.1, 0.15) is 64.0 Å². The van der Waals surface area contributed by atoms with Crippen molar-refractivity contribution in [1.29, 1.82) is 0 Å². The van der Waals surface area contributed by atoms with Gasteiger partial charge >= 0.3 is 11.9 Å². The number of amides is 1. The summed E-state index contributed by atoms with van der Waals surface area (Å²) in [7, 11) is 0. The quantitative estimate of drug-likeness (QED) is 0.362. The zero-order chi connectivity index (χ0) is 29.3. The van der Waals surface area contributed by atoms with E-state index >= 15 is 0 Å². The fraction of sp³-hybridized carbons (Fsp3) is 0.516. The average Bonchev–Trinajstić information content (AvgIpc) is 3.08. The first-order chi connectivity index (χ1) is 19.0. The van der Waals surface area contributed by atoms with Crippen molar-refractivity contribution < 1.29 is 23.9 Å². The van der Waals surface area contributed by atoms with Crippen LogP contribution >= 0.6 is 0 Å². The van der Waals surface area contributed by atoms with Crippen molar-refractivity contribution in [2.45, 2.75) is 89.3 Å². The van der Waals surface area contributed by atoms with Crippen molar-refractivity contribution in [2.75, 3.05) is 13.1 Å². The highest BCUT2D eigenvalue weighted by atomic mass is 16.6. The minimum atomic E-state index is -1.03. The Balaban J connectivity index is 1.77. The molecule has 0 aromatic heterocycles. The fourth-order valence-corrected chi connectivity index (χ4v) is 4.85. The molecule has 1 saturated heterocycles. The van der Waals surface area contributed by atoms with Gasteiger partial charge in [-0.3, -0.25) is 14.4 Å². The number of esters is 2. The zero-order valence-electron chi connectivity index (χ0n) is 24.0. The van der Waals surface area contributed by atoms with Gasteiger partial charge in [-0.15, -0.1) is 0 Å². The molecule has 218 valence electrons. The van der Waals surface area contributed by atoms with Crippen molar-refractivity contribution in [1.82, 2.24) is 10.2 Å². The molecule has 5 N–H and O–H groups in total. The van der Waals surface area contributed by atoms with Crippen LogP contribution in [-0.4, -0.2) is 65.6 Å². The van der Waals surface area contributed by atoms with E-state index in [-0.39, 0.29) is 24.9 Å². The van der Waals surface area contributed by atoms with Crippen LogP contribution in [0.5, 0.6) is 0 Å². The van der Waals surface area contributed by atoms with Gasteiger partial charge in [-0.25, -0.2) is 0 Å². The van der Waals surface area contributed by atoms with Gasteiger partial charge in [0.2, 0.25) is 5.91 Å². The standard InChI is InChI=1S/C31H44N4O5/c1-5-22(23-14-10-7-11-15-23)19-35-17-16-25(27(33)30(38)39-20-21-12-8-6-9-13-21)34-26(28(35)36)18-24(32)29(37)40-31(2,3)4/h6-15,22,24-27,34H,5,16-20,32-33H2,1-4H3/t22?,24?,25-,26-,27?/m0/s1. The summed E-state index contributed by atoms with van der Waals surface area (Å²) in [5, 5.41) is 3.25. The summed E-state index contributed by atoms with van der Waals surface area (Å²) in [5.74, 6) is -1.20. The second-order valence-corrected chi connectivity index (χ2v) is 11.4. The number of hydrogen-bond acceptors (Lipinski definition) is 8. The van der Waals surface area contributed by atoms with Gasteiger partial charge in [0.25, 0.3) is 0 Å². The summed E-state index contributed by atoms with van der Waals surface area (Å²) in [6.07, 6.45) is 1.30. The molecule has 1 fully saturated rings. The molecule has 0 saturated carbocycles. The lowest BCUT2D eigenvalue weighted by Crippen LogP contribution is -2.56. The summed E-state index contributed by atoms with van der Waals surface area (Å²) >= 11 is 0. The first kappa shape index (κ1) is 31.3. The summed E-state index contributed by atoms with van der Waals surface area (Å²) in [6, 6.07) is 16.0. The van der Waals surface area contributed by atoms with Crippen LogP contribution < -0.4 is 16.8 Å². The minimum Gasteiger partial charge on any atom is -0.460 e. The van der Waals surface area contributed by atoms with Gasteiger partial charge in [-0.2, -0.15) is 0 Å². The number of nitrogens with one attached hydrogen (secondary N) is 1. The predicted molar refractivity (Wildman–Crippen MR) is 154 cm³/mol. The summed E-state index contributed by atoms with van der Waals surface area (Å²) in [6.45, 7) is 8.39. The molecule has 0 radical (unpaired) electrons. The van der Waals surface area contributed by atoms with Crippen LogP contribution in [0.15, 0.2) is 60.7 Å². The number of nitrogens with two attached hydrogens (primary N) is 2. The Morgan fingerprint density at radius 2 is 1.65 bits per heavy atom.